The number of aryl methyl sites for hydroxylation is 1. The van der Waals surface area contributed by atoms with Gasteiger partial charge in [-0.2, -0.15) is 0 Å². The van der Waals surface area contributed by atoms with Crippen molar-refractivity contribution in [3.63, 3.8) is 0 Å². The first-order chi connectivity index (χ1) is 9.97. The Morgan fingerprint density at radius 3 is 3.00 bits per heavy atom. The summed E-state index contributed by atoms with van der Waals surface area (Å²) >= 11 is 0. The molecule has 3 N–H and O–H groups in total. The Balaban J connectivity index is 1.92. The van der Waals surface area contributed by atoms with Gasteiger partial charge in [-0.1, -0.05) is 0 Å². The molecule has 1 heterocycles. The average molecular weight is 292 g/mol. The number of carbonyl (C=O) groups excluding carboxylic acids is 1. The molecule has 0 aliphatic heterocycles. The second kappa shape index (κ2) is 6.67. The molecule has 21 heavy (non-hydrogen) atoms. The zero-order valence-electron chi connectivity index (χ0n) is 12.4. The van der Waals surface area contributed by atoms with Crippen molar-refractivity contribution in [1.82, 2.24) is 14.9 Å². The summed E-state index contributed by atoms with van der Waals surface area (Å²) < 4.78 is 15.1. The molecule has 0 saturated carbocycles. The summed E-state index contributed by atoms with van der Waals surface area (Å²) in [5, 5.41) is 2.85. The van der Waals surface area contributed by atoms with E-state index in [1.54, 1.807) is 6.07 Å². The van der Waals surface area contributed by atoms with Crippen molar-refractivity contribution in [1.29, 1.82) is 0 Å². The topological polar surface area (TPSA) is 72.9 Å². The molecule has 0 aliphatic carbocycles. The van der Waals surface area contributed by atoms with Crippen LogP contribution >= 0.6 is 0 Å². The summed E-state index contributed by atoms with van der Waals surface area (Å²) in [5.74, 6) is 0.525. The molecule has 6 heteroatoms. The fourth-order valence-electron chi connectivity index (χ4n) is 2.21. The highest BCUT2D eigenvalue weighted by Crippen LogP contribution is 2.16. The van der Waals surface area contributed by atoms with Crippen LogP contribution in [0.25, 0.3) is 11.0 Å². The molecule has 1 atom stereocenters. The Labute approximate surface area is 123 Å². The van der Waals surface area contributed by atoms with Crippen molar-refractivity contribution in [2.24, 2.45) is 12.8 Å². The van der Waals surface area contributed by atoms with Crippen LogP contribution in [0.2, 0.25) is 0 Å². The van der Waals surface area contributed by atoms with Crippen LogP contribution in [0.1, 0.15) is 25.6 Å². The normalized spacial score (nSPS) is 12.6. The molecule has 5 nitrogen and oxygen atoms in total. The van der Waals surface area contributed by atoms with Gasteiger partial charge in [0.15, 0.2) is 0 Å². The molecule has 1 amide bonds. The van der Waals surface area contributed by atoms with E-state index in [0.29, 0.717) is 31.3 Å². The van der Waals surface area contributed by atoms with Gasteiger partial charge in [0, 0.05) is 38.5 Å². The van der Waals surface area contributed by atoms with E-state index in [0.717, 1.165) is 11.3 Å². The Morgan fingerprint density at radius 1 is 1.52 bits per heavy atom. The maximum atomic E-state index is 13.2. The first-order valence-corrected chi connectivity index (χ1v) is 7.10. The fourth-order valence-corrected chi connectivity index (χ4v) is 2.21. The molecule has 114 valence electrons. The Kier molecular flexibility index (Phi) is 4.90. The zero-order valence-corrected chi connectivity index (χ0v) is 12.4. The predicted octanol–water partition coefficient (Wildman–Crippen LogP) is 1.50. The molecule has 0 spiro atoms. The van der Waals surface area contributed by atoms with Gasteiger partial charge in [-0.3, -0.25) is 4.79 Å². The van der Waals surface area contributed by atoms with E-state index in [2.05, 4.69) is 10.3 Å². The van der Waals surface area contributed by atoms with E-state index in [-0.39, 0.29) is 17.8 Å². The first-order valence-electron chi connectivity index (χ1n) is 7.10. The molecular formula is C15H21FN4O. The number of nitrogens with zero attached hydrogens (tertiary/aromatic N) is 2. The van der Waals surface area contributed by atoms with Gasteiger partial charge in [0.1, 0.15) is 11.6 Å². The van der Waals surface area contributed by atoms with Gasteiger partial charge in [-0.05, 0) is 25.5 Å². The quantitative estimate of drug-likeness (QED) is 0.847. The molecule has 1 aromatic carbocycles. The number of carbonyl (C=O) groups is 1. The van der Waals surface area contributed by atoms with Crippen LogP contribution in [-0.2, 0) is 18.3 Å². The second-order valence-corrected chi connectivity index (χ2v) is 5.34. The van der Waals surface area contributed by atoms with E-state index in [9.17, 15) is 9.18 Å². The van der Waals surface area contributed by atoms with Crippen LogP contribution in [-0.4, -0.2) is 28.0 Å². The lowest BCUT2D eigenvalue weighted by Gasteiger charge is -2.07. The minimum atomic E-state index is -0.295. The van der Waals surface area contributed by atoms with Gasteiger partial charge in [-0.25, -0.2) is 9.37 Å². The molecule has 1 aromatic heterocycles. The largest absolute Gasteiger partial charge is 0.356 e. The van der Waals surface area contributed by atoms with Crippen LogP contribution in [0, 0.1) is 5.82 Å². The summed E-state index contributed by atoms with van der Waals surface area (Å²) in [4.78, 5) is 16.0. The monoisotopic (exact) mass is 292 g/mol. The van der Waals surface area contributed by atoms with Crippen molar-refractivity contribution in [3.8, 4) is 0 Å². The number of fused-ring (bicyclic) bond motifs is 1. The fraction of sp³-hybridized carbons (Fsp3) is 0.467. The summed E-state index contributed by atoms with van der Waals surface area (Å²) in [7, 11) is 1.89. The van der Waals surface area contributed by atoms with Crippen molar-refractivity contribution >= 4 is 16.9 Å². The maximum absolute atomic E-state index is 13.2. The number of benzene rings is 1. The minimum absolute atomic E-state index is 0.00268. The lowest BCUT2D eigenvalue weighted by Crippen LogP contribution is -2.28. The van der Waals surface area contributed by atoms with Gasteiger partial charge in [-0.15, -0.1) is 0 Å². The van der Waals surface area contributed by atoms with Gasteiger partial charge in [0.25, 0.3) is 0 Å². The van der Waals surface area contributed by atoms with Gasteiger partial charge in [0.05, 0.1) is 11.0 Å². The van der Waals surface area contributed by atoms with Crippen molar-refractivity contribution in [2.45, 2.75) is 32.2 Å². The number of rotatable bonds is 6. The molecule has 2 aromatic rings. The first kappa shape index (κ1) is 15.4. The number of nitrogens with one attached hydrogen (secondary N) is 1. The highest BCUT2D eigenvalue weighted by atomic mass is 19.1. The third kappa shape index (κ3) is 4.01. The minimum Gasteiger partial charge on any atom is -0.356 e. The highest BCUT2D eigenvalue weighted by Gasteiger charge is 2.09. The molecule has 0 fully saturated rings. The number of amides is 1. The summed E-state index contributed by atoms with van der Waals surface area (Å²) in [6.07, 6.45) is 1.72. The number of nitrogens with two attached hydrogens (primary N) is 1. The molecule has 2 rings (SSSR count). The van der Waals surface area contributed by atoms with Crippen LogP contribution in [0.15, 0.2) is 18.2 Å². The lowest BCUT2D eigenvalue weighted by molar-refractivity contribution is -0.121. The van der Waals surface area contributed by atoms with E-state index in [4.69, 9.17) is 5.73 Å². The smallest absolute Gasteiger partial charge is 0.220 e. The van der Waals surface area contributed by atoms with E-state index < -0.39 is 0 Å². The van der Waals surface area contributed by atoms with Crippen molar-refractivity contribution in [3.05, 3.63) is 29.8 Å². The van der Waals surface area contributed by atoms with Crippen LogP contribution in [0.5, 0.6) is 0 Å². The van der Waals surface area contributed by atoms with Gasteiger partial charge >= 0.3 is 0 Å². The van der Waals surface area contributed by atoms with E-state index in [1.165, 1.54) is 12.1 Å². The molecule has 1 unspecified atom stereocenters. The van der Waals surface area contributed by atoms with Crippen LogP contribution < -0.4 is 11.1 Å². The highest BCUT2D eigenvalue weighted by molar-refractivity contribution is 5.76. The van der Waals surface area contributed by atoms with Crippen molar-refractivity contribution < 1.29 is 9.18 Å². The number of hydrogen-bond acceptors (Lipinski definition) is 3. The van der Waals surface area contributed by atoms with Gasteiger partial charge < -0.3 is 15.6 Å². The number of halogens is 1. The molecular weight excluding hydrogens is 271 g/mol. The Morgan fingerprint density at radius 2 is 2.29 bits per heavy atom. The van der Waals surface area contributed by atoms with E-state index in [1.807, 2.05) is 18.5 Å². The average Bonchev–Trinajstić information content (AvgIpc) is 2.72. The Hall–Kier alpha value is -1.95. The third-order valence-electron chi connectivity index (χ3n) is 3.43. The van der Waals surface area contributed by atoms with E-state index >= 15 is 0 Å². The Bertz CT molecular complexity index is 636. The SMILES string of the molecule is CC(N)CCC(=O)NCCc1nc2cc(F)ccc2n1C. The molecule has 0 saturated heterocycles. The zero-order chi connectivity index (χ0) is 15.4. The molecule has 0 aliphatic rings. The summed E-state index contributed by atoms with van der Waals surface area (Å²) in [6.45, 7) is 2.39. The summed E-state index contributed by atoms with van der Waals surface area (Å²) in [5.41, 5.74) is 7.13. The molecule has 0 radical (unpaired) electrons. The van der Waals surface area contributed by atoms with Crippen LogP contribution in [0.4, 0.5) is 4.39 Å². The maximum Gasteiger partial charge on any atom is 0.220 e. The predicted molar refractivity (Wildman–Crippen MR) is 80.3 cm³/mol. The van der Waals surface area contributed by atoms with Crippen molar-refractivity contribution in [2.75, 3.05) is 6.54 Å². The number of aromatic nitrogens is 2. The number of hydrogen-bond donors (Lipinski definition) is 2. The standard InChI is InChI=1S/C15H21FN4O/c1-10(17)3-6-15(21)18-8-7-14-19-12-9-11(16)4-5-13(12)20(14)2/h4-5,9-10H,3,6-8,17H2,1-2H3,(H,18,21). The molecule has 0 bridgehead atoms. The lowest BCUT2D eigenvalue weighted by atomic mass is 10.2. The second-order valence-electron chi connectivity index (χ2n) is 5.34. The van der Waals surface area contributed by atoms with Gasteiger partial charge in [0.2, 0.25) is 5.91 Å². The third-order valence-corrected chi connectivity index (χ3v) is 3.43. The number of imidazole rings is 1. The van der Waals surface area contributed by atoms with Crippen LogP contribution in [0.3, 0.4) is 0 Å². The summed E-state index contributed by atoms with van der Waals surface area (Å²) in [6, 6.07) is 4.58.